The summed E-state index contributed by atoms with van der Waals surface area (Å²) in [5, 5.41) is 20.3. The number of ether oxygens (including phenoxy) is 1. The fourth-order valence-electron chi connectivity index (χ4n) is 2.38. The molecule has 1 aliphatic rings. The molecule has 1 aromatic rings. The summed E-state index contributed by atoms with van der Waals surface area (Å²) in [4.78, 5) is 22.6. The van der Waals surface area contributed by atoms with E-state index < -0.39 is 5.97 Å². The molecule has 1 saturated carbocycles. The minimum atomic E-state index is -0.805. The van der Waals surface area contributed by atoms with Gasteiger partial charge in [-0.3, -0.25) is 9.59 Å². The highest BCUT2D eigenvalue weighted by atomic mass is 16.5. The Balaban J connectivity index is 1.75. The van der Waals surface area contributed by atoms with Gasteiger partial charge in [0.05, 0.1) is 17.6 Å². The minimum Gasteiger partial charge on any atom is -0.484 e. The SMILES string of the molecule is N#Cc1ccc(OCC(=O)N[C@H]2CC[C@@H](C(=O)O)C2)cc1. The largest absolute Gasteiger partial charge is 0.484 e. The van der Waals surface area contributed by atoms with Gasteiger partial charge in [-0.2, -0.15) is 5.26 Å². The number of nitrogens with one attached hydrogen (secondary N) is 1. The van der Waals surface area contributed by atoms with Crippen LogP contribution in [0.5, 0.6) is 5.75 Å². The molecular weight excluding hydrogens is 272 g/mol. The van der Waals surface area contributed by atoms with Gasteiger partial charge in [0.25, 0.3) is 5.91 Å². The van der Waals surface area contributed by atoms with E-state index in [0.29, 0.717) is 30.6 Å². The number of carboxylic acid groups (broad SMARTS) is 1. The lowest BCUT2D eigenvalue weighted by Crippen LogP contribution is -2.36. The van der Waals surface area contributed by atoms with Crippen molar-refractivity contribution in [2.45, 2.75) is 25.3 Å². The molecule has 0 heterocycles. The van der Waals surface area contributed by atoms with Gasteiger partial charge in [-0.05, 0) is 43.5 Å². The van der Waals surface area contributed by atoms with Gasteiger partial charge in [0.2, 0.25) is 0 Å². The molecule has 2 rings (SSSR count). The molecule has 2 N–H and O–H groups in total. The highest BCUT2D eigenvalue weighted by Gasteiger charge is 2.30. The monoisotopic (exact) mass is 288 g/mol. The molecule has 2 atom stereocenters. The molecular formula is C15H16N2O4. The number of hydrogen-bond donors (Lipinski definition) is 2. The first-order chi connectivity index (χ1) is 10.1. The number of amides is 1. The van der Waals surface area contributed by atoms with E-state index in [0.717, 1.165) is 0 Å². The van der Waals surface area contributed by atoms with Crippen LogP contribution in [0.25, 0.3) is 0 Å². The Morgan fingerprint density at radius 1 is 1.33 bits per heavy atom. The smallest absolute Gasteiger partial charge is 0.306 e. The fourth-order valence-corrected chi connectivity index (χ4v) is 2.38. The van der Waals surface area contributed by atoms with E-state index in [1.165, 1.54) is 0 Å². The lowest BCUT2D eigenvalue weighted by atomic mass is 10.1. The zero-order valence-corrected chi connectivity index (χ0v) is 11.4. The standard InChI is InChI=1S/C15H16N2O4/c16-8-10-1-5-13(6-2-10)21-9-14(18)17-12-4-3-11(7-12)15(19)20/h1-2,5-6,11-12H,3-4,7,9H2,(H,17,18)(H,19,20)/t11-,12+/m1/s1. The van der Waals surface area contributed by atoms with Crippen molar-refractivity contribution in [1.82, 2.24) is 5.32 Å². The molecule has 0 saturated heterocycles. The number of carbonyl (C=O) groups is 2. The second-order valence-electron chi connectivity index (χ2n) is 5.04. The minimum absolute atomic E-state index is 0.0943. The summed E-state index contributed by atoms with van der Waals surface area (Å²) in [5.41, 5.74) is 0.525. The third-order valence-electron chi connectivity index (χ3n) is 3.50. The molecule has 0 bridgehead atoms. The van der Waals surface area contributed by atoms with Crippen LogP contribution < -0.4 is 10.1 Å². The Labute approximate surface area is 122 Å². The molecule has 6 heteroatoms. The molecule has 6 nitrogen and oxygen atoms in total. The summed E-state index contributed by atoms with van der Waals surface area (Å²) in [5.74, 6) is -0.926. The van der Waals surface area contributed by atoms with Crippen LogP contribution in [-0.2, 0) is 9.59 Å². The molecule has 1 amide bonds. The number of carboxylic acids is 1. The third-order valence-corrected chi connectivity index (χ3v) is 3.50. The first-order valence-electron chi connectivity index (χ1n) is 6.73. The van der Waals surface area contributed by atoms with Crippen molar-refractivity contribution >= 4 is 11.9 Å². The highest BCUT2D eigenvalue weighted by molar-refractivity contribution is 5.78. The first-order valence-corrected chi connectivity index (χ1v) is 6.73. The van der Waals surface area contributed by atoms with Crippen molar-refractivity contribution in [2.24, 2.45) is 5.92 Å². The second kappa shape index (κ2) is 6.75. The summed E-state index contributed by atoms with van der Waals surface area (Å²) in [6.07, 6.45) is 1.74. The van der Waals surface area contributed by atoms with Gasteiger partial charge in [0.15, 0.2) is 6.61 Å². The zero-order chi connectivity index (χ0) is 15.2. The lowest BCUT2D eigenvalue weighted by molar-refractivity contribution is -0.141. The third kappa shape index (κ3) is 4.21. The molecule has 0 spiro atoms. The van der Waals surface area contributed by atoms with Crippen LogP contribution in [0, 0.1) is 17.2 Å². The van der Waals surface area contributed by atoms with Crippen molar-refractivity contribution in [3.8, 4) is 11.8 Å². The number of carbonyl (C=O) groups excluding carboxylic acids is 1. The average Bonchev–Trinajstić information content (AvgIpc) is 2.94. The van der Waals surface area contributed by atoms with Gasteiger partial charge in [0.1, 0.15) is 5.75 Å². The van der Waals surface area contributed by atoms with Crippen LogP contribution in [0.3, 0.4) is 0 Å². The van der Waals surface area contributed by atoms with Crippen molar-refractivity contribution < 1.29 is 19.4 Å². The molecule has 110 valence electrons. The molecule has 0 aliphatic heterocycles. The zero-order valence-electron chi connectivity index (χ0n) is 11.4. The van der Waals surface area contributed by atoms with E-state index in [4.69, 9.17) is 15.1 Å². The van der Waals surface area contributed by atoms with Crippen molar-refractivity contribution in [1.29, 1.82) is 5.26 Å². The number of aliphatic carboxylic acids is 1. The van der Waals surface area contributed by atoms with Crippen LogP contribution in [0.15, 0.2) is 24.3 Å². The molecule has 1 fully saturated rings. The number of nitriles is 1. The molecule has 1 aliphatic carbocycles. The number of benzene rings is 1. The quantitative estimate of drug-likeness (QED) is 0.851. The van der Waals surface area contributed by atoms with E-state index in [2.05, 4.69) is 5.32 Å². The summed E-state index contributed by atoms with van der Waals surface area (Å²) in [6.45, 7) is -0.125. The Bertz CT molecular complexity index is 562. The van der Waals surface area contributed by atoms with E-state index in [-0.39, 0.29) is 24.5 Å². The number of rotatable bonds is 5. The molecule has 0 unspecified atom stereocenters. The van der Waals surface area contributed by atoms with Crippen LogP contribution in [0.4, 0.5) is 0 Å². The summed E-state index contributed by atoms with van der Waals surface area (Å²) >= 11 is 0. The van der Waals surface area contributed by atoms with E-state index in [1.54, 1.807) is 24.3 Å². The molecule has 0 radical (unpaired) electrons. The summed E-state index contributed by atoms with van der Waals surface area (Å²) in [6, 6.07) is 8.38. The van der Waals surface area contributed by atoms with Gasteiger partial charge >= 0.3 is 5.97 Å². The van der Waals surface area contributed by atoms with E-state index in [1.807, 2.05) is 6.07 Å². The topological polar surface area (TPSA) is 99.4 Å². The lowest BCUT2D eigenvalue weighted by Gasteiger charge is -2.13. The van der Waals surface area contributed by atoms with Gasteiger partial charge in [-0.25, -0.2) is 0 Å². The Morgan fingerprint density at radius 2 is 2.05 bits per heavy atom. The van der Waals surface area contributed by atoms with Crippen LogP contribution in [0.1, 0.15) is 24.8 Å². The normalized spacial score (nSPS) is 20.5. The number of hydrogen-bond acceptors (Lipinski definition) is 4. The predicted molar refractivity (Wildman–Crippen MR) is 73.6 cm³/mol. The summed E-state index contributed by atoms with van der Waals surface area (Å²) in [7, 11) is 0. The maximum absolute atomic E-state index is 11.7. The molecule has 21 heavy (non-hydrogen) atoms. The Morgan fingerprint density at radius 3 is 2.62 bits per heavy atom. The van der Waals surface area contributed by atoms with Crippen molar-refractivity contribution in [2.75, 3.05) is 6.61 Å². The maximum atomic E-state index is 11.7. The van der Waals surface area contributed by atoms with Gasteiger partial charge < -0.3 is 15.2 Å². The highest BCUT2D eigenvalue weighted by Crippen LogP contribution is 2.25. The average molecular weight is 288 g/mol. The van der Waals surface area contributed by atoms with Crippen molar-refractivity contribution in [3.05, 3.63) is 29.8 Å². The molecule has 0 aromatic heterocycles. The fraction of sp³-hybridized carbons (Fsp3) is 0.400. The van der Waals surface area contributed by atoms with E-state index in [9.17, 15) is 9.59 Å². The molecule has 1 aromatic carbocycles. The van der Waals surface area contributed by atoms with Gasteiger partial charge in [-0.1, -0.05) is 0 Å². The predicted octanol–water partition coefficient (Wildman–Crippen LogP) is 1.31. The second-order valence-corrected chi connectivity index (χ2v) is 5.04. The van der Waals surface area contributed by atoms with Crippen LogP contribution in [0.2, 0.25) is 0 Å². The van der Waals surface area contributed by atoms with E-state index >= 15 is 0 Å². The Hall–Kier alpha value is -2.55. The Kier molecular flexibility index (Phi) is 4.77. The maximum Gasteiger partial charge on any atom is 0.306 e. The summed E-state index contributed by atoms with van der Waals surface area (Å²) < 4.78 is 5.31. The van der Waals surface area contributed by atoms with Crippen LogP contribution in [-0.4, -0.2) is 29.6 Å². The van der Waals surface area contributed by atoms with Crippen molar-refractivity contribution in [3.63, 3.8) is 0 Å². The van der Waals surface area contributed by atoms with Gasteiger partial charge in [0, 0.05) is 6.04 Å². The first kappa shape index (κ1) is 14.9. The number of nitrogens with zero attached hydrogens (tertiary/aromatic N) is 1. The van der Waals surface area contributed by atoms with Crippen LogP contribution >= 0.6 is 0 Å². The van der Waals surface area contributed by atoms with Gasteiger partial charge in [-0.15, -0.1) is 0 Å².